The lowest BCUT2D eigenvalue weighted by molar-refractivity contribution is -0.120. The van der Waals surface area contributed by atoms with Gasteiger partial charge in [0, 0.05) is 0 Å². The van der Waals surface area contributed by atoms with E-state index in [0.29, 0.717) is 5.69 Å². The predicted molar refractivity (Wildman–Crippen MR) is 120 cm³/mol. The van der Waals surface area contributed by atoms with E-state index < -0.39 is 10.0 Å². The van der Waals surface area contributed by atoms with Crippen molar-refractivity contribution in [3.05, 3.63) is 64.7 Å². The summed E-state index contributed by atoms with van der Waals surface area (Å²) in [4.78, 5) is 12.7. The first-order chi connectivity index (χ1) is 13.3. The number of amides is 1. The highest BCUT2D eigenvalue weighted by molar-refractivity contribution is 7.92. The van der Waals surface area contributed by atoms with Gasteiger partial charge in [-0.3, -0.25) is 9.10 Å². The Labute approximate surface area is 175 Å². The monoisotopic (exact) mass is 416 g/mol. The van der Waals surface area contributed by atoms with E-state index >= 15 is 0 Å². The van der Waals surface area contributed by atoms with Gasteiger partial charge in [-0.2, -0.15) is 0 Å². The van der Waals surface area contributed by atoms with Crippen LogP contribution in [0.3, 0.4) is 0 Å². The highest BCUT2D eigenvalue weighted by Gasteiger charge is 2.24. The van der Waals surface area contributed by atoms with Crippen LogP contribution in [0.25, 0.3) is 0 Å². The lowest BCUT2D eigenvalue weighted by Crippen LogP contribution is -2.41. The topological polar surface area (TPSA) is 66.5 Å². The van der Waals surface area contributed by atoms with Crippen LogP contribution in [0.5, 0.6) is 0 Å². The van der Waals surface area contributed by atoms with Crippen molar-refractivity contribution in [1.82, 2.24) is 5.32 Å². The summed E-state index contributed by atoms with van der Waals surface area (Å²) in [6.07, 6.45) is 1.13. The van der Waals surface area contributed by atoms with Crippen LogP contribution >= 0.6 is 0 Å². The Bertz CT molecular complexity index is 954. The van der Waals surface area contributed by atoms with Crippen LogP contribution < -0.4 is 9.62 Å². The van der Waals surface area contributed by atoms with Crippen molar-refractivity contribution in [2.24, 2.45) is 0 Å². The molecule has 29 heavy (non-hydrogen) atoms. The highest BCUT2D eigenvalue weighted by atomic mass is 32.2. The second kappa shape index (κ2) is 8.57. The van der Waals surface area contributed by atoms with E-state index in [-0.39, 0.29) is 23.9 Å². The fourth-order valence-corrected chi connectivity index (χ4v) is 4.31. The molecule has 0 aromatic heterocycles. The number of sulfonamides is 1. The fourth-order valence-electron chi connectivity index (χ4n) is 3.33. The first-order valence-corrected chi connectivity index (χ1v) is 11.6. The molecular weight excluding hydrogens is 384 g/mol. The number of nitrogens with one attached hydrogen (secondary N) is 1. The first kappa shape index (κ1) is 22.9. The summed E-state index contributed by atoms with van der Waals surface area (Å²) in [5.74, 6) is -0.342. The van der Waals surface area contributed by atoms with E-state index in [0.717, 1.165) is 22.9 Å². The SMILES string of the molecule is Cc1cccc(C)c1N(CC(=O)NC(C)c1ccc(C(C)(C)C)cc1)S(C)(=O)=O. The van der Waals surface area contributed by atoms with E-state index in [1.165, 1.54) is 9.87 Å². The molecule has 0 radical (unpaired) electrons. The van der Waals surface area contributed by atoms with Crippen molar-refractivity contribution in [1.29, 1.82) is 0 Å². The summed E-state index contributed by atoms with van der Waals surface area (Å²) in [5, 5.41) is 2.92. The van der Waals surface area contributed by atoms with Crippen molar-refractivity contribution in [2.75, 3.05) is 17.1 Å². The van der Waals surface area contributed by atoms with Gasteiger partial charge in [-0.15, -0.1) is 0 Å². The molecule has 0 spiro atoms. The quantitative estimate of drug-likeness (QED) is 0.766. The summed E-state index contributed by atoms with van der Waals surface area (Å²) < 4.78 is 26.0. The van der Waals surface area contributed by atoms with Gasteiger partial charge < -0.3 is 5.32 Å². The van der Waals surface area contributed by atoms with E-state index in [1.54, 1.807) is 0 Å². The molecule has 158 valence electrons. The minimum Gasteiger partial charge on any atom is -0.348 e. The summed E-state index contributed by atoms with van der Waals surface area (Å²) in [5.41, 5.74) is 4.45. The Morgan fingerprint density at radius 2 is 1.55 bits per heavy atom. The number of anilines is 1. The Hall–Kier alpha value is -2.34. The van der Waals surface area contributed by atoms with Crippen LogP contribution in [-0.4, -0.2) is 27.1 Å². The second-order valence-corrected chi connectivity index (χ2v) is 10.6. The van der Waals surface area contributed by atoms with Gasteiger partial charge in [0.25, 0.3) is 0 Å². The Morgan fingerprint density at radius 3 is 2.00 bits per heavy atom. The molecule has 1 atom stereocenters. The van der Waals surface area contributed by atoms with Gasteiger partial charge in [-0.1, -0.05) is 63.2 Å². The van der Waals surface area contributed by atoms with Crippen molar-refractivity contribution >= 4 is 21.6 Å². The van der Waals surface area contributed by atoms with Gasteiger partial charge >= 0.3 is 0 Å². The molecule has 1 unspecified atom stereocenters. The first-order valence-electron chi connectivity index (χ1n) is 9.74. The fraction of sp³-hybridized carbons (Fsp3) is 0.435. The van der Waals surface area contributed by atoms with Gasteiger partial charge in [0.05, 0.1) is 18.0 Å². The zero-order chi connectivity index (χ0) is 22.0. The van der Waals surface area contributed by atoms with E-state index in [4.69, 9.17) is 0 Å². The molecule has 0 aliphatic carbocycles. The van der Waals surface area contributed by atoms with Gasteiger partial charge in [0.2, 0.25) is 15.9 Å². The third kappa shape index (κ3) is 5.82. The molecule has 0 aliphatic heterocycles. The van der Waals surface area contributed by atoms with E-state index in [9.17, 15) is 13.2 Å². The third-order valence-corrected chi connectivity index (χ3v) is 6.14. The lowest BCUT2D eigenvalue weighted by Gasteiger charge is -2.26. The maximum Gasteiger partial charge on any atom is 0.241 e. The molecule has 6 heteroatoms. The molecule has 2 aromatic rings. The number of benzene rings is 2. The zero-order valence-electron chi connectivity index (χ0n) is 18.4. The molecule has 0 saturated heterocycles. The zero-order valence-corrected chi connectivity index (χ0v) is 19.2. The molecule has 0 heterocycles. The van der Waals surface area contributed by atoms with Crippen molar-refractivity contribution < 1.29 is 13.2 Å². The minimum absolute atomic E-state index is 0.0619. The number of carbonyl (C=O) groups is 1. The smallest absolute Gasteiger partial charge is 0.241 e. The number of aryl methyl sites for hydroxylation is 2. The molecule has 0 aliphatic rings. The van der Waals surface area contributed by atoms with Gasteiger partial charge in [-0.25, -0.2) is 8.42 Å². The van der Waals surface area contributed by atoms with Crippen molar-refractivity contribution in [2.45, 2.75) is 53.0 Å². The highest BCUT2D eigenvalue weighted by Crippen LogP contribution is 2.27. The molecule has 5 nitrogen and oxygen atoms in total. The van der Waals surface area contributed by atoms with Gasteiger partial charge in [0.15, 0.2) is 0 Å². The van der Waals surface area contributed by atoms with Crippen LogP contribution in [0.4, 0.5) is 5.69 Å². The second-order valence-electron chi connectivity index (χ2n) is 8.67. The largest absolute Gasteiger partial charge is 0.348 e. The summed E-state index contributed by atoms with van der Waals surface area (Å²) >= 11 is 0. The molecule has 2 aromatic carbocycles. The molecule has 1 N–H and O–H groups in total. The number of para-hydroxylation sites is 1. The summed E-state index contributed by atoms with van der Waals surface area (Å²) in [6.45, 7) is 11.8. The average molecular weight is 417 g/mol. The van der Waals surface area contributed by atoms with E-state index in [2.05, 4.69) is 38.2 Å². The van der Waals surface area contributed by atoms with Crippen molar-refractivity contribution in [3.63, 3.8) is 0 Å². The number of rotatable bonds is 6. The minimum atomic E-state index is -3.61. The molecule has 0 saturated carbocycles. The maximum atomic E-state index is 12.7. The van der Waals surface area contributed by atoms with Crippen LogP contribution in [0.15, 0.2) is 42.5 Å². The number of hydrogen-bond donors (Lipinski definition) is 1. The Balaban J connectivity index is 2.18. The molecule has 0 fully saturated rings. The Kier molecular flexibility index (Phi) is 6.78. The number of nitrogens with zero attached hydrogens (tertiary/aromatic N) is 1. The number of carbonyl (C=O) groups excluding carboxylic acids is 1. The molecular formula is C23H32N2O3S. The maximum absolute atomic E-state index is 12.7. The number of hydrogen-bond acceptors (Lipinski definition) is 3. The van der Waals surface area contributed by atoms with Crippen LogP contribution in [0.2, 0.25) is 0 Å². The standard InChI is InChI=1S/C23H32N2O3S/c1-16-9-8-10-17(2)22(16)25(29(7,27)28)15-21(26)24-18(3)19-11-13-20(14-12-19)23(4,5)6/h8-14,18H,15H2,1-7H3,(H,24,26). The van der Waals surface area contributed by atoms with Gasteiger partial charge in [0.1, 0.15) is 6.54 Å². The normalized spacial score (nSPS) is 13.1. The molecule has 2 rings (SSSR count). The van der Waals surface area contributed by atoms with Crippen LogP contribution in [0, 0.1) is 13.8 Å². The summed E-state index contributed by atoms with van der Waals surface area (Å²) in [7, 11) is -3.61. The lowest BCUT2D eigenvalue weighted by atomic mass is 9.86. The molecule has 1 amide bonds. The van der Waals surface area contributed by atoms with Crippen molar-refractivity contribution in [3.8, 4) is 0 Å². The average Bonchev–Trinajstić information content (AvgIpc) is 2.59. The third-order valence-electron chi connectivity index (χ3n) is 5.03. The Morgan fingerprint density at radius 1 is 1.03 bits per heavy atom. The van der Waals surface area contributed by atoms with Gasteiger partial charge in [-0.05, 0) is 48.4 Å². The molecule has 0 bridgehead atoms. The van der Waals surface area contributed by atoms with Crippen LogP contribution in [0.1, 0.15) is 56.0 Å². The van der Waals surface area contributed by atoms with Crippen LogP contribution in [-0.2, 0) is 20.2 Å². The van der Waals surface area contributed by atoms with E-state index in [1.807, 2.05) is 51.1 Å². The summed E-state index contributed by atoms with van der Waals surface area (Å²) in [6, 6.07) is 13.5. The predicted octanol–water partition coefficient (Wildman–Crippen LogP) is 4.24.